The van der Waals surface area contributed by atoms with Gasteiger partial charge in [0.2, 0.25) is 0 Å². The second-order valence-electron chi connectivity index (χ2n) is 6.55. The fourth-order valence-corrected chi connectivity index (χ4v) is 3.63. The summed E-state index contributed by atoms with van der Waals surface area (Å²) in [6, 6.07) is 12.3. The minimum Gasteiger partial charge on any atom is -0.332 e. The molecule has 0 aliphatic heterocycles. The van der Waals surface area contributed by atoms with Gasteiger partial charge in [0.15, 0.2) is 11.5 Å². The van der Waals surface area contributed by atoms with Crippen LogP contribution >= 0.6 is 0 Å². The van der Waals surface area contributed by atoms with Crippen molar-refractivity contribution in [2.75, 3.05) is 0 Å². The number of aromatic nitrogens is 6. The summed E-state index contributed by atoms with van der Waals surface area (Å²) in [5.74, 6) is 1.00. The number of benzene rings is 1. The molecular formula is C20H16N6O. The Morgan fingerprint density at radius 3 is 2.78 bits per heavy atom. The van der Waals surface area contributed by atoms with Gasteiger partial charge in [0.05, 0.1) is 11.1 Å². The quantitative estimate of drug-likeness (QED) is 0.606. The van der Waals surface area contributed by atoms with Crippen molar-refractivity contribution in [3.05, 3.63) is 83.3 Å². The van der Waals surface area contributed by atoms with Crippen LogP contribution in [0.3, 0.4) is 0 Å². The van der Waals surface area contributed by atoms with Crippen LogP contribution in [-0.2, 0) is 11.8 Å². The molecule has 27 heavy (non-hydrogen) atoms. The number of fused-ring (bicyclic) bond motifs is 1. The summed E-state index contributed by atoms with van der Waals surface area (Å²) in [6.07, 6.45) is 8.29. The van der Waals surface area contributed by atoms with Gasteiger partial charge in [0.25, 0.3) is 5.89 Å². The second-order valence-corrected chi connectivity index (χ2v) is 6.55. The molecule has 4 aromatic rings. The average Bonchev–Trinajstić information content (AvgIpc) is 3.34. The van der Waals surface area contributed by atoms with E-state index in [1.54, 1.807) is 19.4 Å². The maximum absolute atomic E-state index is 5.30. The third-order valence-corrected chi connectivity index (χ3v) is 4.93. The Kier molecular flexibility index (Phi) is 3.46. The van der Waals surface area contributed by atoms with Gasteiger partial charge in [-0.2, -0.15) is 10.1 Å². The van der Waals surface area contributed by atoms with E-state index in [4.69, 9.17) is 4.52 Å². The number of hydrogen-bond acceptors (Lipinski definition) is 6. The number of aryl methyl sites for hydroxylation is 1. The summed E-state index contributed by atoms with van der Waals surface area (Å²) in [4.78, 5) is 12.9. The van der Waals surface area contributed by atoms with Gasteiger partial charge in [-0.1, -0.05) is 47.6 Å². The molecule has 0 bridgehead atoms. The van der Waals surface area contributed by atoms with E-state index in [1.165, 1.54) is 0 Å². The fraction of sp³-hybridized carbons (Fsp3) is 0.150. The van der Waals surface area contributed by atoms with Crippen LogP contribution in [0.15, 0.2) is 59.5 Å². The minimum atomic E-state index is -0.397. The SMILES string of the molecule is Cc1noc(-c2n[nH]c3c2C=CC(c2ccccc2)(c2ccncn2)C3)n1. The van der Waals surface area contributed by atoms with Crippen LogP contribution in [0.4, 0.5) is 0 Å². The van der Waals surface area contributed by atoms with Crippen molar-refractivity contribution >= 4 is 6.08 Å². The highest BCUT2D eigenvalue weighted by Crippen LogP contribution is 2.41. The standard InChI is InChI=1S/C20H16N6O/c1-13-23-19(27-26-13)18-15-7-9-20(11-16(15)24-25-18,14-5-3-2-4-6-14)17-8-10-21-12-22-17/h2-10,12H,11H2,1H3,(H,24,25). The molecule has 1 atom stereocenters. The van der Waals surface area contributed by atoms with Crippen molar-refractivity contribution in [3.63, 3.8) is 0 Å². The Balaban J connectivity index is 1.66. The van der Waals surface area contributed by atoms with Gasteiger partial charge < -0.3 is 4.52 Å². The van der Waals surface area contributed by atoms with E-state index < -0.39 is 5.41 Å². The molecule has 0 amide bonds. The monoisotopic (exact) mass is 356 g/mol. The van der Waals surface area contributed by atoms with Crippen LogP contribution in [0, 0.1) is 6.92 Å². The van der Waals surface area contributed by atoms with Gasteiger partial charge >= 0.3 is 0 Å². The summed E-state index contributed by atoms with van der Waals surface area (Å²) in [7, 11) is 0. The average molecular weight is 356 g/mol. The van der Waals surface area contributed by atoms with Crippen LogP contribution < -0.4 is 0 Å². The molecule has 3 heterocycles. The first-order valence-corrected chi connectivity index (χ1v) is 8.65. The summed E-state index contributed by atoms with van der Waals surface area (Å²) in [5, 5.41) is 11.4. The molecule has 0 spiro atoms. The molecule has 1 aliphatic rings. The van der Waals surface area contributed by atoms with Gasteiger partial charge in [-0.3, -0.25) is 5.10 Å². The zero-order chi connectivity index (χ0) is 18.3. The number of rotatable bonds is 3. The topological polar surface area (TPSA) is 93.4 Å². The van der Waals surface area contributed by atoms with E-state index in [0.29, 0.717) is 23.8 Å². The van der Waals surface area contributed by atoms with Crippen LogP contribution in [0.25, 0.3) is 17.7 Å². The Morgan fingerprint density at radius 2 is 2.04 bits per heavy atom. The van der Waals surface area contributed by atoms with Crippen LogP contribution in [0.2, 0.25) is 0 Å². The van der Waals surface area contributed by atoms with Crippen molar-refractivity contribution in [3.8, 4) is 11.6 Å². The highest BCUT2D eigenvalue weighted by molar-refractivity contribution is 5.72. The lowest BCUT2D eigenvalue weighted by molar-refractivity contribution is 0.424. The molecule has 0 saturated heterocycles. The first-order valence-electron chi connectivity index (χ1n) is 8.65. The summed E-state index contributed by atoms with van der Waals surface area (Å²) < 4.78 is 5.30. The molecule has 0 radical (unpaired) electrons. The normalized spacial score (nSPS) is 18.4. The molecule has 1 N–H and O–H groups in total. The molecule has 7 heteroatoms. The number of nitrogens with zero attached hydrogens (tertiary/aromatic N) is 5. The third kappa shape index (κ3) is 2.47. The van der Waals surface area contributed by atoms with Crippen molar-refractivity contribution in [1.82, 2.24) is 30.3 Å². The van der Waals surface area contributed by atoms with Crippen molar-refractivity contribution < 1.29 is 4.52 Å². The van der Waals surface area contributed by atoms with Crippen LogP contribution in [0.1, 0.15) is 28.3 Å². The van der Waals surface area contributed by atoms with E-state index >= 15 is 0 Å². The lowest BCUT2D eigenvalue weighted by atomic mass is 9.70. The van der Waals surface area contributed by atoms with Crippen LogP contribution in [0.5, 0.6) is 0 Å². The molecular weight excluding hydrogens is 340 g/mol. The smallest absolute Gasteiger partial charge is 0.279 e. The number of H-pyrrole nitrogens is 1. The lowest BCUT2D eigenvalue weighted by Crippen LogP contribution is -2.31. The fourth-order valence-electron chi connectivity index (χ4n) is 3.63. The van der Waals surface area contributed by atoms with Crippen molar-refractivity contribution in [2.45, 2.75) is 18.8 Å². The van der Waals surface area contributed by atoms with Crippen molar-refractivity contribution in [2.24, 2.45) is 0 Å². The summed E-state index contributed by atoms with van der Waals surface area (Å²) in [6.45, 7) is 1.79. The number of aromatic amines is 1. The molecule has 7 nitrogen and oxygen atoms in total. The zero-order valence-corrected chi connectivity index (χ0v) is 14.6. The molecule has 132 valence electrons. The first-order chi connectivity index (χ1) is 13.3. The molecule has 1 aromatic carbocycles. The predicted molar refractivity (Wildman–Crippen MR) is 98.6 cm³/mol. The van der Waals surface area contributed by atoms with E-state index in [-0.39, 0.29) is 0 Å². The maximum atomic E-state index is 5.30. The third-order valence-electron chi connectivity index (χ3n) is 4.93. The minimum absolute atomic E-state index is 0.397. The Morgan fingerprint density at radius 1 is 1.15 bits per heavy atom. The number of hydrogen-bond donors (Lipinski definition) is 1. The van der Waals surface area contributed by atoms with E-state index in [2.05, 4.69) is 54.6 Å². The Bertz CT molecular complexity index is 1070. The van der Waals surface area contributed by atoms with Gasteiger partial charge in [0.1, 0.15) is 6.33 Å². The zero-order valence-electron chi connectivity index (χ0n) is 14.6. The predicted octanol–water partition coefficient (Wildman–Crippen LogP) is 3.11. The molecule has 1 unspecified atom stereocenters. The molecule has 1 aliphatic carbocycles. The maximum Gasteiger partial charge on any atom is 0.279 e. The van der Waals surface area contributed by atoms with Gasteiger partial charge in [-0.25, -0.2) is 9.97 Å². The first kappa shape index (κ1) is 15.6. The number of nitrogens with one attached hydrogen (secondary N) is 1. The van der Waals surface area contributed by atoms with Gasteiger partial charge in [-0.15, -0.1) is 0 Å². The summed E-state index contributed by atoms with van der Waals surface area (Å²) in [5.41, 5.74) is 4.35. The summed E-state index contributed by atoms with van der Waals surface area (Å²) >= 11 is 0. The van der Waals surface area contributed by atoms with E-state index in [9.17, 15) is 0 Å². The second kappa shape index (κ2) is 5.98. The molecule has 0 saturated carbocycles. The largest absolute Gasteiger partial charge is 0.332 e. The van der Waals surface area contributed by atoms with Gasteiger partial charge in [0, 0.05) is 23.9 Å². The number of allylic oxidation sites excluding steroid dienone is 1. The van der Waals surface area contributed by atoms with Crippen molar-refractivity contribution in [1.29, 1.82) is 0 Å². The van der Waals surface area contributed by atoms with E-state index in [0.717, 1.165) is 22.5 Å². The van der Waals surface area contributed by atoms with Crippen LogP contribution in [-0.4, -0.2) is 30.3 Å². The van der Waals surface area contributed by atoms with E-state index in [1.807, 2.05) is 24.3 Å². The molecule has 0 fully saturated rings. The molecule has 5 rings (SSSR count). The Labute approximate surface area is 155 Å². The highest BCUT2D eigenvalue weighted by Gasteiger charge is 2.38. The van der Waals surface area contributed by atoms with Gasteiger partial charge in [-0.05, 0) is 18.6 Å². The highest BCUT2D eigenvalue weighted by atomic mass is 16.5. The Hall–Kier alpha value is -3.61. The molecule has 3 aromatic heterocycles. The lowest BCUT2D eigenvalue weighted by Gasteiger charge is -2.33.